The van der Waals surface area contributed by atoms with Crippen LogP contribution in [0.5, 0.6) is 11.5 Å². The van der Waals surface area contributed by atoms with Gasteiger partial charge < -0.3 is 23.7 Å². The van der Waals surface area contributed by atoms with Gasteiger partial charge in [0.05, 0.1) is 36.2 Å². The summed E-state index contributed by atoms with van der Waals surface area (Å²) in [5.74, 6) is -2.01. The summed E-state index contributed by atoms with van der Waals surface area (Å²) in [5, 5.41) is 11.9. The second-order valence-corrected chi connectivity index (χ2v) is 10.9. The molecule has 0 aliphatic carbocycles. The normalized spacial score (nSPS) is 16.0. The van der Waals surface area contributed by atoms with Gasteiger partial charge >= 0.3 is 11.9 Å². The predicted octanol–water partition coefficient (Wildman–Crippen LogP) is 5.48. The maximum Gasteiger partial charge on any atom is 0.350 e. The highest BCUT2D eigenvalue weighted by Gasteiger charge is 2.49. The molecule has 228 valence electrons. The first-order chi connectivity index (χ1) is 21.1. The number of benzene rings is 1. The Morgan fingerprint density at radius 1 is 1.09 bits per heavy atom. The number of esters is 1. The Kier molecular flexibility index (Phi) is 8.54. The third-order valence-corrected chi connectivity index (χ3v) is 8.28. The highest BCUT2D eigenvalue weighted by atomic mass is 32.1. The Balaban J connectivity index is 1.74. The standard InChI is InChI=1S/C32H32N4O7S/c1-7-15-43-31(40)28-18(5)33-32(44-28)36-25(20-12-13-21(41-8-2)22(16-20)42-9-3)23(27(38)30(36)39)26(37)24-19(6)35-14-10-11-17(4)29(35)34-24/h7,10-14,16,25,37H,1,8-9,15H2,2-6H3/b26-23+. The predicted molar refractivity (Wildman–Crippen MR) is 166 cm³/mol. The number of anilines is 1. The lowest BCUT2D eigenvalue weighted by molar-refractivity contribution is -0.132. The molecule has 3 aromatic heterocycles. The van der Waals surface area contributed by atoms with Gasteiger partial charge in [-0.25, -0.2) is 14.8 Å². The summed E-state index contributed by atoms with van der Waals surface area (Å²) < 4.78 is 18.6. The number of aromatic nitrogens is 3. The van der Waals surface area contributed by atoms with Crippen LogP contribution in [0.2, 0.25) is 0 Å². The smallest absolute Gasteiger partial charge is 0.350 e. The highest BCUT2D eigenvalue weighted by molar-refractivity contribution is 7.17. The molecule has 1 N–H and O–H groups in total. The zero-order valence-corrected chi connectivity index (χ0v) is 25.9. The average Bonchev–Trinajstić information content (AvgIpc) is 3.64. The SMILES string of the molecule is C=CCOC(=O)c1sc(N2C(=O)C(=O)/C(=C(/O)c3nc4c(C)cccn4c3C)C2c2ccc(OCC)c(OCC)c2)nc1C. The van der Waals surface area contributed by atoms with Gasteiger partial charge in [-0.2, -0.15) is 0 Å². The van der Waals surface area contributed by atoms with E-state index >= 15 is 0 Å². The number of ketones is 1. The van der Waals surface area contributed by atoms with Gasteiger partial charge in [0.1, 0.15) is 22.8 Å². The van der Waals surface area contributed by atoms with Gasteiger partial charge in [-0.3, -0.25) is 14.5 Å². The Morgan fingerprint density at radius 3 is 2.50 bits per heavy atom. The van der Waals surface area contributed by atoms with Crippen LogP contribution >= 0.6 is 11.3 Å². The van der Waals surface area contributed by atoms with E-state index < -0.39 is 29.5 Å². The maximum absolute atomic E-state index is 13.8. The lowest BCUT2D eigenvalue weighted by Gasteiger charge is -2.24. The van der Waals surface area contributed by atoms with Crippen molar-refractivity contribution in [1.82, 2.24) is 14.4 Å². The van der Waals surface area contributed by atoms with Crippen LogP contribution in [0.15, 0.2) is 54.8 Å². The van der Waals surface area contributed by atoms with Crippen molar-refractivity contribution in [1.29, 1.82) is 0 Å². The molecule has 4 heterocycles. The van der Waals surface area contributed by atoms with E-state index in [0.717, 1.165) is 16.9 Å². The van der Waals surface area contributed by atoms with E-state index in [2.05, 4.69) is 16.5 Å². The van der Waals surface area contributed by atoms with Gasteiger partial charge in [-0.05, 0) is 63.9 Å². The number of rotatable bonds is 10. The third kappa shape index (κ3) is 5.21. The molecule has 1 aromatic carbocycles. The Bertz CT molecular complexity index is 1840. The molecule has 0 bridgehead atoms. The average molecular weight is 617 g/mol. The third-order valence-electron chi connectivity index (χ3n) is 7.14. The van der Waals surface area contributed by atoms with Crippen molar-refractivity contribution in [2.75, 3.05) is 24.7 Å². The van der Waals surface area contributed by atoms with Gasteiger partial charge in [0, 0.05) is 6.20 Å². The van der Waals surface area contributed by atoms with E-state index in [1.807, 2.05) is 43.5 Å². The van der Waals surface area contributed by atoms with Gasteiger partial charge in [0.2, 0.25) is 0 Å². The topological polar surface area (TPSA) is 133 Å². The molecule has 1 atom stereocenters. The molecule has 11 nitrogen and oxygen atoms in total. The lowest BCUT2D eigenvalue weighted by atomic mass is 9.96. The number of thiazole rings is 1. The second kappa shape index (κ2) is 12.3. The molecule has 1 unspecified atom stereocenters. The van der Waals surface area contributed by atoms with E-state index in [-0.39, 0.29) is 27.9 Å². The van der Waals surface area contributed by atoms with Gasteiger partial charge in [-0.15, -0.1) is 0 Å². The van der Waals surface area contributed by atoms with E-state index in [0.29, 0.717) is 47.3 Å². The fourth-order valence-corrected chi connectivity index (χ4v) is 6.12. The first-order valence-corrected chi connectivity index (χ1v) is 14.8. The molecule has 1 aliphatic heterocycles. The fraction of sp³-hybridized carbons (Fsp3) is 0.281. The minimum Gasteiger partial charge on any atom is -0.505 e. The number of pyridine rings is 1. The Labute approximate surface area is 258 Å². The number of hydrogen-bond acceptors (Lipinski definition) is 10. The number of aliphatic hydroxyl groups excluding tert-OH is 1. The number of ether oxygens (including phenoxy) is 3. The molecule has 0 saturated carbocycles. The summed E-state index contributed by atoms with van der Waals surface area (Å²) in [5.41, 5.74) is 2.85. The molecular formula is C32H32N4O7S. The molecule has 1 saturated heterocycles. The molecule has 12 heteroatoms. The molecule has 44 heavy (non-hydrogen) atoms. The number of Topliss-reactive ketones (excluding diaryl/α,β-unsaturated/α-hetero) is 1. The van der Waals surface area contributed by atoms with Crippen LogP contribution in [0.1, 0.15) is 57.8 Å². The number of carbonyl (C=O) groups excluding carboxylic acids is 3. The van der Waals surface area contributed by atoms with Crippen molar-refractivity contribution in [2.24, 2.45) is 0 Å². The second-order valence-electron chi connectivity index (χ2n) is 9.97. The van der Waals surface area contributed by atoms with E-state index in [9.17, 15) is 19.5 Å². The molecule has 5 rings (SSSR count). The van der Waals surface area contributed by atoms with Crippen LogP contribution in [0, 0.1) is 20.8 Å². The Morgan fingerprint density at radius 2 is 1.82 bits per heavy atom. The maximum atomic E-state index is 13.8. The van der Waals surface area contributed by atoms with E-state index in [1.54, 1.807) is 32.0 Å². The van der Waals surface area contributed by atoms with E-state index in [4.69, 9.17) is 14.2 Å². The van der Waals surface area contributed by atoms with Crippen molar-refractivity contribution in [2.45, 2.75) is 40.7 Å². The molecule has 4 aromatic rings. The van der Waals surface area contributed by atoms with Crippen molar-refractivity contribution in [3.63, 3.8) is 0 Å². The number of nitrogens with zero attached hydrogens (tertiary/aromatic N) is 4. The largest absolute Gasteiger partial charge is 0.505 e. The number of fused-ring (bicyclic) bond motifs is 1. The van der Waals surface area contributed by atoms with Crippen molar-refractivity contribution in [3.05, 3.63) is 87.8 Å². The first kappa shape index (κ1) is 30.5. The van der Waals surface area contributed by atoms with Gasteiger partial charge in [0.15, 0.2) is 22.4 Å². The number of hydrogen-bond donors (Lipinski definition) is 1. The van der Waals surface area contributed by atoms with Crippen LogP contribution in [0.3, 0.4) is 0 Å². The van der Waals surface area contributed by atoms with Crippen molar-refractivity contribution >= 4 is 45.5 Å². The summed E-state index contributed by atoms with van der Waals surface area (Å²) in [6.45, 7) is 13.2. The zero-order valence-electron chi connectivity index (χ0n) is 25.0. The van der Waals surface area contributed by atoms with E-state index in [1.165, 1.54) is 11.0 Å². The lowest BCUT2D eigenvalue weighted by Crippen LogP contribution is -2.29. The molecule has 1 aliphatic rings. The first-order valence-electron chi connectivity index (χ1n) is 14.0. The minimum absolute atomic E-state index is 0.000242. The molecular weight excluding hydrogens is 584 g/mol. The number of aryl methyl sites for hydroxylation is 3. The van der Waals surface area contributed by atoms with Crippen molar-refractivity contribution < 1.29 is 33.7 Å². The monoisotopic (exact) mass is 616 g/mol. The quantitative estimate of drug-likeness (QED) is 0.0808. The Hall–Kier alpha value is -4.97. The van der Waals surface area contributed by atoms with Gasteiger partial charge in [-0.1, -0.05) is 36.1 Å². The summed E-state index contributed by atoms with van der Waals surface area (Å²) in [6.07, 6.45) is 3.25. The molecule has 0 radical (unpaired) electrons. The number of imidazole rings is 1. The summed E-state index contributed by atoms with van der Waals surface area (Å²) in [7, 11) is 0. The zero-order chi connectivity index (χ0) is 31.7. The highest BCUT2D eigenvalue weighted by Crippen LogP contribution is 2.46. The fourth-order valence-electron chi connectivity index (χ4n) is 5.13. The number of aliphatic hydroxyl groups is 1. The molecule has 1 fully saturated rings. The molecule has 0 spiro atoms. The van der Waals surface area contributed by atoms with Crippen molar-refractivity contribution in [3.8, 4) is 11.5 Å². The number of carbonyl (C=O) groups is 3. The van der Waals surface area contributed by atoms with Crippen LogP contribution in [0.4, 0.5) is 5.13 Å². The van der Waals surface area contributed by atoms with Crippen LogP contribution in [0.25, 0.3) is 11.4 Å². The summed E-state index contributed by atoms with van der Waals surface area (Å²) in [6, 6.07) is 7.68. The number of amides is 1. The van der Waals surface area contributed by atoms with Crippen LogP contribution in [-0.2, 0) is 14.3 Å². The van der Waals surface area contributed by atoms with Crippen LogP contribution < -0.4 is 14.4 Å². The summed E-state index contributed by atoms with van der Waals surface area (Å²) in [4.78, 5) is 50.8. The minimum atomic E-state index is -1.13. The summed E-state index contributed by atoms with van der Waals surface area (Å²) >= 11 is 0.917. The van der Waals surface area contributed by atoms with Crippen LogP contribution in [-0.4, -0.2) is 57.0 Å². The van der Waals surface area contributed by atoms with Gasteiger partial charge in [0.25, 0.3) is 5.78 Å². The molecule has 1 amide bonds.